The summed E-state index contributed by atoms with van der Waals surface area (Å²) >= 11 is 0. The Morgan fingerprint density at radius 3 is 2.46 bits per heavy atom. The van der Waals surface area contributed by atoms with Gasteiger partial charge in [0.05, 0.1) is 22.8 Å². The van der Waals surface area contributed by atoms with E-state index in [-0.39, 0.29) is 0 Å². The van der Waals surface area contributed by atoms with Crippen molar-refractivity contribution in [3.63, 3.8) is 0 Å². The second kappa shape index (κ2) is 6.61. The number of hydrogen-bond acceptors (Lipinski definition) is 4. The highest BCUT2D eigenvalue weighted by molar-refractivity contribution is 5.75. The minimum absolute atomic E-state index is 0.322. The van der Waals surface area contributed by atoms with E-state index in [0.29, 0.717) is 36.2 Å². The lowest BCUT2D eigenvalue weighted by atomic mass is 9.87. The van der Waals surface area contributed by atoms with Gasteiger partial charge in [-0.2, -0.15) is 0 Å². The molecule has 134 valence electrons. The molecule has 1 saturated heterocycles. The molecule has 0 spiro atoms. The van der Waals surface area contributed by atoms with Crippen LogP contribution in [0, 0.1) is 11.6 Å². The number of benzene rings is 2. The van der Waals surface area contributed by atoms with Gasteiger partial charge in [-0.05, 0) is 24.8 Å². The van der Waals surface area contributed by atoms with E-state index in [0.717, 1.165) is 30.7 Å². The number of rotatable bonds is 2. The zero-order valence-corrected chi connectivity index (χ0v) is 14.2. The maximum absolute atomic E-state index is 13.5. The Bertz CT molecular complexity index is 935. The lowest BCUT2D eigenvalue weighted by molar-refractivity contribution is 0.0244. The van der Waals surface area contributed by atoms with Crippen molar-refractivity contribution < 1.29 is 13.9 Å². The number of fused-ring (bicyclic) bond motifs is 1. The first kappa shape index (κ1) is 16.8. The Hall–Kier alpha value is -2.60. The standard InChI is InChI=1S/C20H19F2N3O/c21-15-11-17-18(12-16(15)22)24-19(13-23-17)25-9-4-7-20(26,8-10-25)14-5-2-1-3-6-14/h1-3,5-6,11-13,26H,4,7-10H2/t20-/m1/s1. The van der Waals surface area contributed by atoms with Crippen LogP contribution in [0.5, 0.6) is 0 Å². The first-order valence-corrected chi connectivity index (χ1v) is 8.70. The van der Waals surface area contributed by atoms with Crippen LogP contribution in [0.15, 0.2) is 48.7 Å². The average Bonchev–Trinajstić information content (AvgIpc) is 2.86. The molecule has 2 heterocycles. The molecular formula is C20H19F2N3O. The first-order valence-electron chi connectivity index (χ1n) is 8.70. The normalized spacial score (nSPS) is 21.0. The fraction of sp³-hybridized carbons (Fsp3) is 0.300. The van der Waals surface area contributed by atoms with Gasteiger partial charge in [0.15, 0.2) is 11.6 Å². The summed E-state index contributed by atoms with van der Waals surface area (Å²) in [7, 11) is 0. The van der Waals surface area contributed by atoms with Gasteiger partial charge in [0.1, 0.15) is 5.82 Å². The van der Waals surface area contributed by atoms with Gasteiger partial charge in [-0.3, -0.25) is 4.98 Å². The molecule has 2 aromatic carbocycles. The van der Waals surface area contributed by atoms with Gasteiger partial charge in [0.25, 0.3) is 0 Å². The van der Waals surface area contributed by atoms with Crippen molar-refractivity contribution in [1.82, 2.24) is 9.97 Å². The molecule has 26 heavy (non-hydrogen) atoms. The average molecular weight is 355 g/mol. The van der Waals surface area contributed by atoms with Crippen molar-refractivity contribution in [2.45, 2.75) is 24.9 Å². The maximum Gasteiger partial charge on any atom is 0.161 e. The number of hydrogen-bond donors (Lipinski definition) is 1. The van der Waals surface area contributed by atoms with Crippen LogP contribution >= 0.6 is 0 Å². The molecule has 1 atom stereocenters. The number of aliphatic hydroxyl groups is 1. The van der Waals surface area contributed by atoms with E-state index in [1.807, 2.05) is 35.2 Å². The summed E-state index contributed by atoms with van der Waals surface area (Å²) < 4.78 is 26.8. The van der Waals surface area contributed by atoms with E-state index in [1.165, 1.54) is 0 Å². The van der Waals surface area contributed by atoms with Crippen molar-refractivity contribution in [3.05, 3.63) is 65.9 Å². The number of aromatic nitrogens is 2. The fourth-order valence-electron chi connectivity index (χ4n) is 3.54. The topological polar surface area (TPSA) is 49.2 Å². The van der Waals surface area contributed by atoms with E-state index < -0.39 is 17.2 Å². The summed E-state index contributed by atoms with van der Waals surface area (Å²) in [6.45, 7) is 1.33. The molecular weight excluding hydrogens is 336 g/mol. The molecule has 1 aromatic heterocycles. The molecule has 1 fully saturated rings. The van der Waals surface area contributed by atoms with Crippen LogP contribution < -0.4 is 4.90 Å². The predicted octanol–water partition coefficient (Wildman–Crippen LogP) is 3.79. The summed E-state index contributed by atoms with van der Waals surface area (Å²) in [6.07, 6.45) is 3.60. The zero-order chi connectivity index (χ0) is 18.1. The number of halogens is 2. The van der Waals surface area contributed by atoms with E-state index in [2.05, 4.69) is 9.97 Å². The highest BCUT2D eigenvalue weighted by atomic mass is 19.2. The van der Waals surface area contributed by atoms with Gasteiger partial charge in [0.2, 0.25) is 0 Å². The molecule has 0 saturated carbocycles. The smallest absolute Gasteiger partial charge is 0.161 e. The SMILES string of the molecule is O[C@]1(c2ccccc2)CCCN(c2cnc3cc(F)c(F)cc3n2)CC1. The van der Waals surface area contributed by atoms with E-state index in [1.54, 1.807) is 6.20 Å². The zero-order valence-electron chi connectivity index (χ0n) is 14.2. The second-order valence-electron chi connectivity index (χ2n) is 6.72. The summed E-state index contributed by atoms with van der Waals surface area (Å²) in [6, 6.07) is 11.8. The van der Waals surface area contributed by atoms with Crippen LogP contribution in [-0.2, 0) is 5.60 Å². The second-order valence-corrected chi connectivity index (χ2v) is 6.72. The van der Waals surface area contributed by atoms with Crippen molar-refractivity contribution in [2.24, 2.45) is 0 Å². The monoisotopic (exact) mass is 355 g/mol. The maximum atomic E-state index is 13.5. The van der Waals surface area contributed by atoms with Crippen LogP contribution in [0.1, 0.15) is 24.8 Å². The molecule has 0 unspecified atom stereocenters. The van der Waals surface area contributed by atoms with Gasteiger partial charge in [-0.25, -0.2) is 13.8 Å². The largest absolute Gasteiger partial charge is 0.385 e. The van der Waals surface area contributed by atoms with Crippen LogP contribution in [0.25, 0.3) is 11.0 Å². The lowest BCUT2D eigenvalue weighted by Crippen LogP contribution is -2.29. The van der Waals surface area contributed by atoms with Crippen LogP contribution in [0.2, 0.25) is 0 Å². The molecule has 3 aromatic rings. The van der Waals surface area contributed by atoms with Gasteiger partial charge in [-0.1, -0.05) is 30.3 Å². The van der Waals surface area contributed by atoms with Crippen LogP contribution in [0.3, 0.4) is 0 Å². The van der Waals surface area contributed by atoms with Crippen molar-refractivity contribution in [3.8, 4) is 0 Å². The number of anilines is 1. The summed E-state index contributed by atoms with van der Waals surface area (Å²) in [5.74, 6) is -1.25. The summed E-state index contributed by atoms with van der Waals surface area (Å²) in [5, 5.41) is 11.1. The Morgan fingerprint density at radius 1 is 0.962 bits per heavy atom. The Morgan fingerprint density at radius 2 is 1.69 bits per heavy atom. The molecule has 0 radical (unpaired) electrons. The Labute approximate surface area is 150 Å². The fourth-order valence-corrected chi connectivity index (χ4v) is 3.54. The molecule has 1 N–H and O–H groups in total. The van der Waals surface area contributed by atoms with E-state index in [9.17, 15) is 13.9 Å². The summed E-state index contributed by atoms with van der Waals surface area (Å²) in [5.41, 5.74) is 0.700. The van der Waals surface area contributed by atoms with Gasteiger partial charge in [-0.15, -0.1) is 0 Å². The minimum Gasteiger partial charge on any atom is -0.385 e. The van der Waals surface area contributed by atoms with E-state index >= 15 is 0 Å². The molecule has 0 bridgehead atoms. The van der Waals surface area contributed by atoms with Gasteiger partial charge >= 0.3 is 0 Å². The molecule has 1 aliphatic rings. The van der Waals surface area contributed by atoms with Gasteiger partial charge < -0.3 is 10.0 Å². The third-order valence-corrected chi connectivity index (χ3v) is 5.02. The first-order chi connectivity index (χ1) is 12.5. The molecule has 4 rings (SSSR count). The summed E-state index contributed by atoms with van der Waals surface area (Å²) in [4.78, 5) is 10.7. The minimum atomic E-state index is -0.932. The molecule has 0 aliphatic carbocycles. The highest BCUT2D eigenvalue weighted by Crippen LogP contribution is 2.33. The van der Waals surface area contributed by atoms with Gasteiger partial charge in [0, 0.05) is 25.2 Å². The number of nitrogens with zero attached hydrogens (tertiary/aromatic N) is 3. The Kier molecular flexibility index (Phi) is 4.28. The van der Waals surface area contributed by atoms with Crippen LogP contribution in [-0.4, -0.2) is 28.2 Å². The predicted molar refractivity (Wildman–Crippen MR) is 95.9 cm³/mol. The van der Waals surface area contributed by atoms with Crippen LogP contribution in [0.4, 0.5) is 14.6 Å². The van der Waals surface area contributed by atoms with E-state index in [4.69, 9.17) is 0 Å². The van der Waals surface area contributed by atoms with Crippen molar-refractivity contribution in [1.29, 1.82) is 0 Å². The molecule has 4 nitrogen and oxygen atoms in total. The third-order valence-electron chi connectivity index (χ3n) is 5.02. The quantitative estimate of drug-likeness (QED) is 0.760. The lowest BCUT2D eigenvalue weighted by Gasteiger charge is -2.27. The highest BCUT2D eigenvalue weighted by Gasteiger charge is 2.32. The third kappa shape index (κ3) is 3.12. The van der Waals surface area contributed by atoms with Crippen molar-refractivity contribution >= 4 is 16.9 Å². The van der Waals surface area contributed by atoms with Crippen molar-refractivity contribution in [2.75, 3.05) is 18.0 Å². The molecule has 1 aliphatic heterocycles. The molecule has 6 heteroatoms. The molecule has 0 amide bonds. The Balaban J connectivity index is 1.59.